The molecule has 1 aromatic rings. The molecule has 0 heterocycles. The van der Waals surface area contributed by atoms with Gasteiger partial charge in [0.1, 0.15) is 5.60 Å². The van der Waals surface area contributed by atoms with E-state index in [2.05, 4.69) is 6.92 Å². The van der Waals surface area contributed by atoms with Gasteiger partial charge in [0.15, 0.2) is 5.78 Å². The van der Waals surface area contributed by atoms with E-state index in [0.717, 1.165) is 38.5 Å². The molecule has 1 saturated carbocycles. The van der Waals surface area contributed by atoms with E-state index in [1.54, 1.807) is 0 Å². The number of carbonyl (C=O) groups is 1. The molecular formula is C17H24O2. The van der Waals surface area contributed by atoms with Crippen molar-refractivity contribution in [3.63, 3.8) is 0 Å². The van der Waals surface area contributed by atoms with Crippen LogP contribution in [0, 0.1) is 0 Å². The minimum absolute atomic E-state index is 0.0857. The third-order valence-corrected chi connectivity index (χ3v) is 4.11. The molecule has 0 amide bonds. The van der Waals surface area contributed by atoms with Crippen LogP contribution in [0.15, 0.2) is 24.3 Å². The second-order valence-corrected chi connectivity index (χ2v) is 5.72. The summed E-state index contributed by atoms with van der Waals surface area (Å²) in [5.74, 6) is -0.0857. The summed E-state index contributed by atoms with van der Waals surface area (Å²) in [5, 5.41) is 10.6. The molecular weight excluding hydrogens is 236 g/mol. The van der Waals surface area contributed by atoms with Crippen molar-refractivity contribution in [2.45, 2.75) is 63.9 Å². The van der Waals surface area contributed by atoms with Gasteiger partial charge < -0.3 is 5.11 Å². The van der Waals surface area contributed by atoms with Gasteiger partial charge in [0.2, 0.25) is 0 Å². The van der Waals surface area contributed by atoms with Gasteiger partial charge in [0.05, 0.1) is 0 Å². The van der Waals surface area contributed by atoms with Crippen LogP contribution in [0.4, 0.5) is 0 Å². The zero-order chi connectivity index (χ0) is 13.7. The Labute approximate surface area is 115 Å². The van der Waals surface area contributed by atoms with E-state index >= 15 is 0 Å². The second kappa shape index (κ2) is 6.33. The summed E-state index contributed by atoms with van der Waals surface area (Å²) >= 11 is 0. The molecule has 0 saturated heterocycles. The summed E-state index contributed by atoms with van der Waals surface area (Å²) in [7, 11) is 0. The van der Waals surface area contributed by atoms with Crippen molar-refractivity contribution in [2.75, 3.05) is 0 Å². The Balaban J connectivity index is 2.13. The molecule has 2 heteroatoms. The lowest BCUT2D eigenvalue weighted by molar-refractivity contribution is 0.0238. The fraction of sp³-hybridized carbons (Fsp3) is 0.588. The van der Waals surface area contributed by atoms with E-state index in [-0.39, 0.29) is 5.78 Å². The maximum absolute atomic E-state index is 12.5. The third-order valence-electron chi connectivity index (χ3n) is 4.11. The highest BCUT2D eigenvalue weighted by Gasteiger charge is 2.36. The Morgan fingerprint density at radius 2 is 1.68 bits per heavy atom. The number of aliphatic hydroxyl groups is 1. The van der Waals surface area contributed by atoms with E-state index in [1.165, 1.54) is 5.56 Å². The van der Waals surface area contributed by atoms with Crippen LogP contribution in [0.5, 0.6) is 0 Å². The summed E-state index contributed by atoms with van der Waals surface area (Å²) in [6.45, 7) is 2.15. The van der Waals surface area contributed by atoms with Gasteiger partial charge in [-0.1, -0.05) is 63.3 Å². The highest BCUT2D eigenvalue weighted by atomic mass is 16.3. The first-order chi connectivity index (χ1) is 9.15. The first-order valence-electron chi connectivity index (χ1n) is 7.52. The van der Waals surface area contributed by atoms with E-state index < -0.39 is 5.60 Å². The number of aryl methyl sites for hydroxylation is 1. The smallest absolute Gasteiger partial charge is 0.194 e. The highest BCUT2D eigenvalue weighted by molar-refractivity contribution is 6.02. The molecule has 0 aliphatic heterocycles. The van der Waals surface area contributed by atoms with Gasteiger partial charge in [-0.25, -0.2) is 0 Å². The van der Waals surface area contributed by atoms with E-state index in [1.807, 2.05) is 24.3 Å². The molecule has 0 radical (unpaired) electrons. The summed E-state index contributed by atoms with van der Waals surface area (Å²) < 4.78 is 0. The quantitative estimate of drug-likeness (QED) is 0.658. The molecule has 1 N–H and O–H groups in total. The van der Waals surface area contributed by atoms with Gasteiger partial charge in [-0.2, -0.15) is 0 Å². The van der Waals surface area contributed by atoms with E-state index in [9.17, 15) is 9.90 Å². The molecule has 0 atom stereocenters. The van der Waals surface area contributed by atoms with Gasteiger partial charge in [-0.3, -0.25) is 4.79 Å². The van der Waals surface area contributed by atoms with Gasteiger partial charge in [0, 0.05) is 5.56 Å². The Hall–Kier alpha value is -1.15. The summed E-state index contributed by atoms with van der Waals surface area (Å²) in [6, 6.07) is 7.76. The molecule has 0 unspecified atom stereocenters. The second-order valence-electron chi connectivity index (χ2n) is 5.72. The predicted molar refractivity (Wildman–Crippen MR) is 77.4 cm³/mol. The number of hydrogen-bond acceptors (Lipinski definition) is 2. The fourth-order valence-corrected chi connectivity index (χ4v) is 2.92. The average Bonchev–Trinajstić information content (AvgIpc) is 2.65. The lowest BCUT2D eigenvalue weighted by atomic mass is 9.86. The van der Waals surface area contributed by atoms with Crippen molar-refractivity contribution < 1.29 is 9.90 Å². The van der Waals surface area contributed by atoms with Gasteiger partial charge in [-0.15, -0.1) is 0 Å². The lowest BCUT2D eigenvalue weighted by Gasteiger charge is -2.25. The van der Waals surface area contributed by atoms with Crippen LogP contribution in [0.25, 0.3) is 0 Å². The Kier molecular flexibility index (Phi) is 4.76. The maximum atomic E-state index is 12.5. The number of hydrogen-bond donors (Lipinski definition) is 1. The molecule has 0 spiro atoms. The number of Topliss-reactive ketones (excluding diaryl/α,β-unsaturated/α-hetero) is 1. The summed E-state index contributed by atoms with van der Waals surface area (Å²) in [5.41, 5.74) is 0.791. The van der Waals surface area contributed by atoms with Crippen molar-refractivity contribution in [1.82, 2.24) is 0 Å². The minimum Gasteiger partial charge on any atom is -0.382 e. The van der Waals surface area contributed by atoms with Crippen LogP contribution in [-0.2, 0) is 6.42 Å². The average molecular weight is 260 g/mol. The molecule has 0 bridgehead atoms. The zero-order valence-corrected chi connectivity index (χ0v) is 11.8. The zero-order valence-electron chi connectivity index (χ0n) is 11.8. The van der Waals surface area contributed by atoms with Crippen LogP contribution >= 0.6 is 0 Å². The largest absolute Gasteiger partial charge is 0.382 e. The van der Waals surface area contributed by atoms with Crippen LogP contribution in [0.2, 0.25) is 0 Å². The standard InChI is InChI=1S/C17H24O2/c1-2-7-14-8-10-15(11-9-14)16(18)17(19)12-5-3-4-6-13-17/h8-11,19H,2-7,12-13H2,1H3. The van der Waals surface area contributed by atoms with Crippen LogP contribution in [0.1, 0.15) is 67.8 Å². The van der Waals surface area contributed by atoms with E-state index in [0.29, 0.717) is 18.4 Å². The molecule has 1 aliphatic rings. The first kappa shape index (κ1) is 14.3. The normalized spacial score (nSPS) is 18.8. The van der Waals surface area contributed by atoms with Crippen molar-refractivity contribution in [1.29, 1.82) is 0 Å². The van der Waals surface area contributed by atoms with Crippen molar-refractivity contribution in [3.8, 4) is 0 Å². The topological polar surface area (TPSA) is 37.3 Å². The van der Waals surface area contributed by atoms with Crippen molar-refractivity contribution in [3.05, 3.63) is 35.4 Å². The summed E-state index contributed by atoms with van der Waals surface area (Å²) in [4.78, 5) is 12.5. The number of carbonyl (C=O) groups excluding carboxylic acids is 1. The van der Waals surface area contributed by atoms with Crippen LogP contribution in [0.3, 0.4) is 0 Å². The number of rotatable bonds is 4. The minimum atomic E-state index is -1.12. The van der Waals surface area contributed by atoms with Crippen molar-refractivity contribution >= 4 is 5.78 Å². The third kappa shape index (κ3) is 3.44. The SMILES string of the molecule is CCCc1ccc(C(=O)C2(O)CCCCCC2)cc1. The van der Waals surface area contributed by atoms with Crippen LogP contribution in [-0.4, -0.2) is 16.5 Å². The fourth-order valence-electron chi connectivity index (χ4n) is 2.92. The van der Waals surface area contributed by atoms with E-state index in [4.69, 9.17) is 0 Å². The predicted octanol–water partition coefficient (Wildman–Crippen LogP) is 3.91. The van der Waals surface area contributed by atoms with Gasteiger partial charge >= 0.3 is 0 Å². The Morgan fingerprint density at radius 1 is 1.11 bits per heavy atom. The van der Waals surface area contributed by atoms with Gasteiger partial charge in [-0.05, 0) is 24.8 Å². The Bertz CT molecular complexity index is 411. The lowest BCUT2D eigenvalue weighted by Crippen LogP contribution is -2.38. The highest BCUT2D eigenvalue weighted by Crippen LogP contribution is 2.30. The molecule has 2 nitrogen and oxygen atoms in total. The maximum Gasteiger partial charge on any atom is 0.194 e. The molecule has 19 heavy (non-hydrogen) atoms. The molecule has 2 rings (SSSR count). The summed E-state index contributed by atoms with van der Waals surface area (Å²) in [6.07, 6.45) is 7.55. The van der Waals surface area contributed by atoms with Crippen LogP contribution < -0.4 is 0 Å². The molecule has 0 aromatic heterocycles. The number of ketones is 1. The Morgan fingerprint density at radius 3 is 2.21 bits per heavy atom. The molecule has 104 valence electrons. The number of benzene rings is 1. The monoisotopic (exact) mass is 260 g/mol. The molecule has 1 aromatic carbocycles. The van der Waals surface area contributed by atoms with Gasteiger partial charge in [0.25, 0.3) is 0 Å². The first-order valence-corrected chi connectivity index (χ1v) is 7.52. The molecule has 1 aliphatic carbocycles. The molecule has 1 fully saturated rings. The van der Waals surface area contributed by atoms with Crippen molar-refractivity contribution in [2.24, 2.45) is 0 Å².